The molecule has 27 heavy (non-hydrogen) atoms. The van der Waals surface area contributed by atoms with Gasteiger partial charge in [-0.1, -0.05) is 18.2 Å². The summed E-state index contributed by atoms with van der Waals surface area (Å²) in [5, 5.41) is 2.06. The second-order valence-corrected chi connectivity index (χ2v) is 7.52. The minimum absolute atomic E-state index is 0.162. The number of halogens is 3. The number of hydrogen-bond acceptors (Lipinski definition) is 3. The zero-order valence-corrected chi connectivity index (χ0v) is 15.6. The molecule has 0 atom stereocenters. The molecule has 0 spiro atoms. The van der Waals surface area contributed by atoms with Crippen LogP contribution in [-0.4, -0.2) is 41.9 Å². The lowest BCUT2D eigenvalue weighted by Gasteiger charge is -2.20. The van der Waals surface area contributed by atoms with Gasteiger partial charge in [0.1, 0.15) is 0 Å². The van der Waals surface area contributed by atoms with Gasteiger partial charge in [-0.2, -0.15) is 13.2 Å². The monoisotopic (exact) mass is 394 g/mol. The van der Waals surface area contributed by atoms with Gasteiger partial charge in [0.2, 0.25) is 5.91 Å². The second kappa shape index (κ2) is 8.71. The van der Waals surface area contributed by atoms with Crippen molar-refractivity contribution in [2.24, 2.45) is 0 Å². The van der Waals surface area contributed by atoms with Crippen molar-refractivity contribution < 1.29 is 18.0 Å². The summed E-state index contributed by atoms with van der Waals surface area (Å²) in [6, 6.07) is 9.12. The molecule has 1 aliphatic heterocycles. The van der Waals surface area contributed by atoms with Gasteiger partial charge in [0.25, 0.3) is 0 Å². The van der Waals surface area contributed by atoms with Gasteiger partial charge in [-0.15, -0.1) is 11.3 Å². The number of benzene rings is 1. The Morgan fingerprint density at radius 2 is 1.96 bits per heavy atom. The number of amides is 1. The Morgan fingerprint density at radius 1 is 1.11 bits per heavy atom. The Bertz CT molecular complexity index is 787. The molecule has 3 rings (SSSR count). The van der Waals surface area contributed by atoms with Gasteiger partial charge in [0.15, 0.2) is 0 Å². The van der Waals surface area contributed by atoms with Gasteiger partial charge in [-0.3, -0.25) is 9.69 Å². The normalized spacial score (nSPS) is 16.6. The van der Waals surface area contributed by atoms with Crippen molar-refractivity contribution in [3.63, 3.8) is 0 Å². The molecule has 0 bridgehead atoms. The maximum absolute atomic E-state index is 12.8. The van der Waals surface area contributed by atoms with E-state index in [9.17, 15) is 18.0 Å². The lowest BCUT2D eigenvalue weighted by molar-refractivity contribution is -0.137. The van der Waals surface area contributed by atoms with Gasteiger partial charge in [0.05, 0.1) is 5.56 Å². The highest BCUT2D eigenvalue weighted by Crippen LogP contribution is 2.29. The highest BCUT2D eigenvalue weighted by atomic mass is 32.1. The molecule has 3 nitrogen and oxygen atoms in total. The zero-order valence-electron chi connectivity index (χ0n) is 14.8. The minimum atomic E-state index is -4.38. The fourth-order valence-electron chi connectivity index (χ4n) is 3.06. The third kappa shape index (κ3) is 5.68. The summed E-state index contributed by atoms with van der Waals surface area (Å²) in [4.78, 5) is 17.8. The van der Waals surface area contributed by atoms with Crippen LogP contribution in [0, 0.1) is 0 Å². The maximum atomic E-state index is 12.8. The molecule has 1 aromatic heterocycles. The SMILES string of the molecule is O=C(/C=C/c1cccc(C(F)(F)F)c1)N1CCCN(Cc2cccs2)CC1. The topological polar surface area (TPSA) is 23.6 Å². The highest BCUT2D eigenvalue weighted by molar-refractivity contribution is 7.09. The Kier molecular flexibility index (Phi) is 6.34. The minimum Gasteiger partial charge on any atom is -0.338 e. The third-order valence-corrected chi connectivity index (χ3v) is 5.35. The Balaban J connectivity index is 1.57. The van der Waals surface area contributed by atoms with E-state index in [0.29, 0.717) is 18.7 Å². The molecule has 1 aliphatic rings. The lowest BCUT2D eigenvalue weighted by Crippen LogP contribution is -2.33. The molecule has 2 heterocycles. The molecule has 0 unspecified atom stereocenters. The van der Waals surface area contributed by atoms with E-state index in [1.807, 2.05) is 6.07 Å². The molecule has 144 valence electrons. The van der Waals surface area contributed by atoms with Gasteiger partial charge in [0, 0.05) is 43.7 Å². The lowest BCUT2D eigenvalue weighted by atomic mass is 10.1. The zero-order chi connectivity index (χ0) is 19.3. The van der Waals surface area contributed by atoms with Crippen molar-refractivity contribution in [3.05, 3.63) is 63.9 Å². The van der Waals surface area contributed by atoms with Crippen molar-refractivity contribution >= 4 is 23.3 Å². The number of hydrogen-bond donors (Lipinski definition) is 0. The molecule has 1 saturated heterocycles. The first-order chi connectivity index (χ1) is 12.9. The first-order valence-electron chi connectivity index (χ1n) is 8.81. The average Bonchev–Trinajstić information content (AvgIpc) is 3.03. The molecular weight excluding hydrogens is 373 g/mol. The predicted octanol–water partition coefficient (Wildman–Crippen LogP) is 4.51. The van der Waals surface area contributed by atoms with Crippen LogP contribution in [0.15, 0.2) is 47.9 Å². The molecule has 0 saturated carbocycles. The maximum Gasteiger partial charge on any atom is 0.416 e. The molecule has 7 heteroatoms. The second-order valence-electron chi connectivity index (χ2n) is 6.49. The summed E-state index contributed by atoms with van der Waals surface area (Å²) < 4.78 is 38.3. The van der Waals surface area contributed by atoms with Crippen molar-refractivity contribution in [2.45, 2.75) is 19.1 Å². The van der Waals surface area contributed by atoms with E-state index in [0.717, 1.165) is 38.2 Å². The Labute approximate surface area is 160 Å². The summed E-state index contributed by atoms with van der Waals surface area (Å²) in [5.41, 5.74) is -0.344. The number of alkyl halides is 3. The molecule has 1 aromatic carbocycles. The molecule has 2 aromatic rings. The van der Waals surface area contributed by atoms with Crippen LogP contribution in [-0.2, 0) is 17.5 Å². The molecule has 1 fully saturated rings. The summed E-state index contributed by atoms with van der Waals surface area (Å²) in [7, 11) is 0. The van der Waals surface area contributed by atoms with E-state index in [1.54, 1.807) is 22.3 Å². The van der Waals surface area contributed by atoms with Crippen molar-refractivity contribution in [1.29, 1.82) is 0 Å². The number of carbonyl (C=O) groups is 1. The van der Waals surface area contributed by atoms with Crippen LogP contribution in [0.5, 0.6) is 0 Å². The predicted molar refractivity (Wildman–Crippen MR) is 101 cm³/mol. The molecule has 0 radical (unpaired) electrons. The van der Waals surface area contributed by atoms with E-state index in [4.69, 9.17) is 0 Å². The first kappa shape index (κ1) is 19.6. The van der Waals surface area contributed by atoms with Crippen LogP contribution in [0.2, 0.25) is 0 Å². The van der Waals surface area contributed by atoms with Gasteiger partial charge in [-0.25, -0.2) is 0 Å². The van der Waals surface area contributed by atoms with E-state index < -0.39 is 11.7 Å². The molecule has 0 N–H and O–H groups in total. The molecular formula is C20H21F3N2OS. The van der Waals surface area contributed by atoms with Gasteiger partial charge < -0.3 is 4.90 Å². The summed E-state index contributed by atoms with van der Waals surface area (Å²) >= 11 is 1.73. The fraction of sp³-hybridized carbons (Fsp3) is 0.350. The van der Waals surface area contributed by atoms with E-state index >= 15 is 0 Å². The van der Waals surface area contributed by atoms with Crippen molar-refractivity contribution in [1.82, 2.24) is 9.80 Å². The largest absolute Gasteiger partial charge is 0.416 e. The Morgan fingerprint density at radius 3 is 2.70 bits per heavy atom. The standard InChI is InChI=1S/C20H21F3N2OS/c21-20(22,23)17-5-1-4-16(14-17)7-8-19(26)25-10-3-9-24(11-12-25)15-18-6-2-13-27-18/h1-2,4-8,13-14H,3,9-12,15H2/b8-7+. The van der Waals surface area contributed by atoms with Gasteiger partial charge in [-0.05, 0) is 41.6 Å². The van der Waals surface area contributed by atoms with Crippen LogP contribution in [0.1, 0.15) is 22.4 Å². The third-order valence-electron chi connectivity index (χ3n) is 4.49. The summed E-state index contributed by atoms with van der Waals surface area (Å²) in [5.74, 6) is -0.162. The average molecular weight is 394 g/mol. The smallest absolute Gasteiger partial charge is 0.338 e. The first-order valence-corrected chi connectivity index (χ1v) is 9.69. The van der Waals surface area contributed by atoms with Crippen LogP contribution in [0.4, 0.5) is 13.2 Å². The van der Waals surface area contributed by atoms with Crippen LogP contribution in [0.25, 0.3) is 6.08 Å². The number of rotatable bonds is 4. The number of thiophene rings is 1. The Hall–Kier alpha value is -2.12. The van der Waals surface area contributed by atoms with Crippen molar-refractivity contribution in [3.8, 4) is 0 Å². The van der Waals surface area contributed by atoms with Crippen LogP contribution < -0.4 is 0 Å². The summed E-state index contributed by atoms with van der Waals surface area (Å²) in [6.45, 7) is 3.89. The van der Waals surface area contributed by atoms with E-state index in [1.165, 1.54) is 23.1 Å². The highest BCUT2D eigenvalue weighted by Gasteiger charge is 2.30. The number of nitrogens with zero attached hydrogens (tertiary/aromatic N) is 2. The molecule has 0 aliphatic carbocycles. The van der Waals surface area contributed by atoms with Crippen LogP contribution >= 0.6 is 11.3 Å². The fourth-order valence-corrected chi connectivity index (χ4v) is 3.81. The van der Waals surface area contributed by atoms with Gasteiger partial charge >= 0.3 is 6.18 Å². The van der Waals surface area contributed by atoms with E-state index in [-0.39, 0.29) is 5.91 Å². The van der Waals surface area contributed by atoms with E-state index in [2.05, 4.69) is 16.3 Å². The van der Waals surface area contributed by atoms with Crippen molar-refractivity contribution in [2.75, 3.05) is 26.2 Å². The summed E-state index contributed by atoms with van der Waals surface area (Å²) in [6.07, 6.45) is -0.685. The molecule has 1 amide bonds. The van der Waals surface area contributed by atoms with Crippen LogP contribution in [0.3, 0.4) is 0 Å². The quantitative estimate of drug-likeness (QED) is 0.712. The number of carbonyl (C=O) groups excluding carboxylic acids is 1.